The largest absolute Gasteiger partial charge is 0.480 e. The molecule has 0 aliphatic rings. The molecular formula is C13H16BrFN2O4. The van der Waals surface area contributed by atoms with Crippen molar-refractivity contribution in [3.8, 4) is 0 Å². The van der Waals surface area contributed by atoms with E-state index in [0.29, 0.717) is 17.5 Å². The van der Waals surface area contributed by atoms with Crippen LogP contribution in [-0.4, -0.2) is 36.9 Å². The van der Waals surface area contributed by atoms with Crippen LogP contribution in [0.15, 0.2) is 22.7 Å². The lowest BCUT2D eigenvalue weighted by atomic mass is 10.1. The van der Waals surface area contributed by atoms with Gasteiger partial charge in [-0.15, -0.1) is 0 Å². The van der Waals surface area contributed by atoms with Gasteiger partial charge in [-0.2, -0.15) is 0 Å². The Morgan fingerprint density at radius 3 is 2.81 bits per heavy atom. The zero-order valence-electron chi connectivity index (χ0n) is 11.4. The van der Waals surface area contributed by atoms with Crippen molar-refractivity contribution >= 4 is 33.6 Å². The summed E-state index contributed by atoms with van der Waals surface area (Å²) in [6.45, 7) is 0.396. The number of ether oxygens (including phenoxy) is 1. The first kappa shape index (κ1) is 17.4. The predicted molar refractivity (Wildman–Crippen MR) is 78.8 cm³/mol. The Labute approximate surface area is 129 Å². The number of hydrogen-bond acceptors (Lipinski definition) is 3. The Bertz CT molecular complexity index is 513. The first-order valence-corrected chi connectivity index (χ1v) is 6.97. The highest BCUT2D eigenvalue weighted by atomic mass is 79.9. The first-order chi connectivity index (χ1) is 9.93. The molecule has 3 N–H and O–H groups in total. The standard InChI is InChI=1S/C13H16BrFN2O4/c1-21-6-2-3-10(12(18)19)16-13(20)17-11-7-8(14)4-5-9(11)15/h4-5,7,10H,2-3,6H2,1H3,(H,18,19)(H2,16,17,20). The normalized spacial score (nSPS) is 11.8. The van der Waals surface area contributed by atoms with E-state index >= 15 is 0 Å². The average molecular weight is 363 g/mol. The number of halogens is 2. The molecule has 1 aromatic carbocycles. The molecule has 0 aliphatic heterocycles. The smallest absolute Gasteiger partial charge is 0.326 e. The van der Waals surface area contributed by atoms with Crippen LogP contribution in [0.25, 0.3) is 0 Å². The Morgan fingerprint density at radius 1 is 1.48 bits per heavy atom. The molecule has 0 heterocycles. The fourth-order valence-corrected chi connectivity index (χ4v) is 1.96. The van der Waals surface area contributed by atoms with Crippen molar-refractivity contribution in [3.63, 3.8) is 0 Å². The second-order valence-electron chi connectivity index (χ2n) is 4.25. The molecular weight excluding hydrogens is 347 g/mol. The maximum atomic E-state index is 13.5. The van der Waals surface area contributed by atoms with Gasteiger partial charge in [0.15, 0.2) is 0 Å². The summed E-state index contributed by atoms with van der Waals surface area (Å²) in [6, 6.07) is 2.22. The van der Waals surface area contributed by atoms with Gasteiger partial charge < -0.3 is 20.5 Å². The molecule has 0 fully saturated rings. The van der Waals surface area contributed by atoms with Gasteiger partial charge >= 0.3 is 12.0 Å². The molecule has 1 unspecified atom stereocenters. The van der Waals surface area contributed by atoms with E-state index in [0.717, 1.165) is 0 Å². The lowest BCUT2D eigenvalue weighted by Gasteiger charge is -2.15. The Morgan fingerprint density at radius 2 is 2.19 bits per heavy atom. The van der Waals surface area contributed by atoms with Gasteiger partial charge in [-0.25, -0.2) is 14.0 Å². The van der Waals surface area contributed by atoms with Gasteiger partial charge in [0.25, 0.3) is 0 Å². The maximum Gasteiger partial charge on any atom is 0.326 e. The van der Waals surface area contributed by atoms with Gasteiger partial charge in [0.2, 0.25) is 0 Å². The molecule has 0 saturated carbocycles. The van der Waals surface area contributed by atoms with Crippen LogP contribution >= 0.6 is 15.9 Å². The average Bonchev–Trinajstić information content (AvgIpc) is 2.42. The number of nitrogens with one attached hydrogen (secondary N) is 2. The molecule has 1 atom stereocenters. The lowest BCUT2D eigenvalue weighted by molar-refractivity contribution is -0.139. The van der Waals surface area contributed by atoms with Crippen LogP contribution in [-0.2, 0) is 9.53 Å². The number of anilines is 1. The van der Waals surface area contributed by atoms with Crippen LogP contribution in [0.4, 0.5) is 14.9 Å². The number of urea groups is 1. The second kappa shape index (κ2) is 8.58. The van der Waals surface area contributed by atoms with Gasteiger partial charge in [0.1, 0.15) is 11.9 Å². The first-order valence-electron chi connectivity index (χ1n) is 6.18. The number of carboxylic acids is 1. The third-order valence-corrected chi connectivity index (χ3v) is 3.11. The van der Waals surface area contributed by atoms with Crippen LogP contribution < -0.4 is 10.6 Å². The lowest BCUT2D eigenvalue weighted by Crippen LogP contribution is -2.43. The molecule has 116 valence electrons. The summed E-state index contributed by atoms with van der Waals surface area (Å²) in [5, 5.41) is 13.6. The molecule has 21 heavy (non-hydrogen) atoms. The van der Waals surface area contributed by atoms with Crippen LogP contribution in [0.5, 0.6) is 0 Å². The van der Waals surface area contributed by atoms with Crippen molar-refractivity contribution in [3.05, 3.63) is 28.5 Å². The molecule has 0 spiro atoms. The zero-order chi connectivity index (χ0) is 15.8. The topological polar surface area (TPSA) is 87.7 Å². The minimum Gasteiger partial charge on any atom is -0.480 e. The van der Waals surface area contributed by atoms with E-state index in [-0.39, 0.29) is 12.1 Å². The fourth-order valence-electron chi connectivity index (χ4n) is 1.60. The van der Waals surface area contributed by atoms with Crippen molar-refractivity contribution in [2.24, 2.45) is 0 Å². The van der Waals surface area contributed by atoms with Gasteiger partial charge in [-0.3, -0.25) is 0 Å². The highest BCUT2D eigenvalue weighted by molar-refractivity contribution is 9.10. The quantitative estimate of drug-likeness (QED) is 0.650. The van der Waals surface area contributed by atoms with Crippen molar-refractivity contribution in [2.75, 3.05) is 19.0 Å². The maximum absolute atomic E-state index is 13.5. The highest BCUT2D eigenvalue weighted by Crippen LogP contribution is 2.19. The summed E-state index contributed by atoms with van der Waals surface area (Å²) < 4.78 is 18.9. The third kappa shape index (κ3) is 6.09. The van der Waals surface area contributed by atoms with Gasteiger partial charge in [-0.05, 0) is 31.0 Å². The number of carbonyl (C=O) groups is 2. The van der Waals surface area contributed by atoms with E-state index in [1.54, 1.807) is 0 Å². The third-order valence-electron chi connectivity index (χ3n) is 2.62. The van der Waals surface area contributed by atoms with E-state index in [1.807, 2.05) is 0 Å². The predicted octanol–water partition coefficient (Wildman–Crippen LogP) is 2.59. The number of aliphatic carboxylic acids is 1. The molecule has 1 rings (SSSR count). The molecule has 0 aliphatic carbocycles. The number of hydrogen-bond donors (Lipinski definition) is 3. The number of carbonyl (C=O) groups excluding carboxylic acids is 1. The monoisotopic (exact) mass is 362 g/mol. The molecule has 2 amide bonds. The van der Waals surface area contributed by atoms with Crippen molar-refractivity contribution in [1.82, 2.24) is 5.32 Å². The fraction of sp³-hybridized carbons (Fsp3) is 0.385. The molecule has 6 nitrogen and oxygen atoms in total. The van der Waals surface area contributed by atoms with E-state index in [9.17, 15) is 14.0 Å². The van der Waals surface area contributed by atoms with E-state index in [2.05, 4.69) is 26.6 Å². The Hall–Kier alpha value is -1.67. The zero-order valence-corrected chi connectivity index (χ0v) is 12.9. The van der Waals surface area contributed by atoms with Gasteiger partial charge in [0.05, 0.1) is 5.69 Å². The summed E-state index contributed by atoms with van der Waals surface area (Å²) in [4.78, 5) is 22.8. The van der Waals surface area contributed by atoms with Crippen molar-refractivity contribution in [1.29, 1.82) is 0 Å². The van der Waals surface area contributed by atoms with Crippen LogP contribution in [0.2, 0.25) is 0 Å². The SMILES string of the molecule is COCCCC(NC(=O)Nc1cc(Br)ccc1F)C(=O)O. The van der Waals surface area contributed by atoms with Gasteiger partial charge in [0, 0.05) is 18.2 Å². The minimum atomic E-state index is -1.16. The summed E-state index contributed by atoms with van der Waals surface area (Å²) in [5.74, 6) is -1.77. The number of carboxylic acid groups (broad SMARTS) is 1. The molecule has 1 aromatic rings. The van der Waals surface area contributed by atoms with Crippen LogP contribution in [0.1, 0.15) is 12.8 Å². The molecule has 8 heteroatoms. The van der Waals surface area contributed by atoms with Gasteiger partial charge in [-0.1, -0.05) is 15.9 Å². The summed E-state index contributed by atoms with van der Waals surface area (Å²) in [6.07, 6.45) is 0.705. The Kier molecular flexibility index (Phi) is 7.10. The second-order valence-corrected chi connectivity index (χ2v) is 5.16. The highest BCUT2D eigenvalue weighted by Gasteiger charge is 2.20. The van der Waals surface area contributed by atoms with E-state index in [1.165, 1.54) is 25.3 Å². The number of amides is 2. The van der Waals surface area contributed by atoms with Crippen LogP contribution in [0, 0.1) is 5.82 Å². The molecule has 0 bridgehead atoms. The molecule has 0 radical (unpaired) electrons. The summed E-state index contributed by atoms with van der Waals surface area (Å²) in [5.41, 5.74) is -0.0390. The number of rotatable bonds is 7. The summed E-state index contributed by atoms with van der Waals surface area (Å²) in [7, 11) is 1.51. The Balaban J connectivity index is 2.61. The van der Waals surface area contributed by atoms with E-state index < -0.39 is 23.9 Å². The van der Waals surface area contributed by atoms with E-state index in [4.69, 9.17) is 9.84 Å². The molecule has 0 aromatic heterocycles. The van der Waals surface area contributed by atoms with Crippen LogP contribution in [0.3, 0.4) is 0 Å². The van der Waals surface area contributed by atoms with Crippen molar-refractivity contribution in [2.45, 2.75) is 18.9 Å². The molecule has 0 saturated heterocycles. The van der Waals surface area contributed by atoms with Crippen molar-refractivity contribution < 1.29 is 23.8 Å². The summed E-state index contributed by atoms with van der Waals surface area (Å²) >= 11 is 3.16. The minimum absolute atomic E-state index is 0.0390. The number of methoxy groups -OCH3 is 1. The number of benzene rings is 1.